The standard InChI is InChI=1S/C15H24N2O3/c18-14(12-3-1-2-4-13(12)15(19)20)16-10-7-8-17(9-10)11-5-6-11/h10-13H,1-9H2,(H,16,18)(H,19,20). The molecule has 112 valence electrons. The van der Waals surface area contributed by atoms with Gasteiger partial charge in [0.1, 0.15) is 0 Å². The summed E-state index contributed by atoms with van der Waals surface area (Å²) in [6.45, 7) is 2.02. The minimum atomic E-state index is -0.809. The first-order valence-corrected chi connectivity index (χ1v) is 7.92. The summed E-state index contributed by atoms with van der Waals surface area (Å²) in [7, 11) is 0. The summed E-state index contributed by atoms with van der Waals surface area (Å²) in [6.07, 6.45) is 6.87. The maximum Gasteiger partial charge on any atom is 0.307 e. The number of carboxylic acids is 1. The summed E-state index contributed by atoms with van der Waals surface area (Å²) in [5.41, 5.74) is 0. The number of hydrogen-bond donors (Lipinski definition) is 2. The number of carboxylic acid groups (broad SMARTS) is 1. The van der Waals surface area contributed by atoms with Crippen molar-refractivity contribution in [2.24, 2.45) is 11.8 Å². The van der Waals surface area contributed by atoms with Gasteiger partial charge in [-0.05, 0) is 32.1 Å². The number of hydrogen-bond acceptors (Lipinski definition) is 3. The van der Waals surface area contributed by atoms with Crippen LogP contribution in [-0.2, 0) is 9.59 Å². The Hall–Kier alpha value is -1.10. The molecule has 1 saturated heterocycles. The molecular formula is C15H24N2O3. The van der Waals surface area contributed by atoms with Crippen LogP contribution in [0.25, 0.3) is 0 Å². The number of carbonyl (C=O) groups excluding carboxylic acids is 1. The van der Waals surface area contributed by atoms with E-state index in [0.717, 1.165) is 44.8 Å². The molecular weight excluding hydrogens is 256 g/mol. The molecule has 0 aromatic carbocycles. The number of aliphatic carboxylic acids is 1. The zero-order valence-electron chi connectivity index (χ0n) is 11.9. The van der Waals surface area contributed by atoms with Gasteiger partial charge in [-0.2, -0.15) is 0 Å². The monoisotopic (exact) mass is 280 g/mol. The maximum absolute atomic E-state index is 12.4. The van der Waals surface area contributed by atoms with Crippen LogP contribution in [0.2, 0.25) is 0 Å². The zero-order valence-corrected chi connectivity index (χ0v) is 11.9. The van der Waals surface area contributed by atoms with Gasteiger partial charge < -0.3 is 10.4 Å². The molecule has 5 nitrogen and oxygen atoms in total. The molecule has 2 N–H and O–H groups in total. The van der Waals surface area contributed by atoms with Crippen LogP contribution < -0.4 is 5.32 Å². The average molecular weight is 280 g/mol. The molecule has 2 aliphatic carbocycles. The van der Waals surface area contributed by atoms with Crippen molar-refractivity contribution in [2.75, 3.05) is 13.1 Å². The lowest BCUT2D eigenvalue weighted by Crippen LogP contribution is -2.45. The van der Waals surface area contributed by atoms with Crippen molar-refractivity contribution in [1.29, 1.82) is 0 Å². The molecule has 5 heteroatoms. The molecule has 1 aliphatic heterocycles. The first-order valence-electron chi connectivity index (χ1n) is 7.92. The van der Waals surface area contributed by atoms with Gasteiger partial charge in [-0.15, -0.1) is 0 Å². The molecule has 3 fully saturated rings. The fourth-order valence-corrected chi connectivity index (χ4v) is 3.72. The highest BCUT2D eigenvalue weighted by molar-refractivity contribution is 5.85. The minimum absolute atomic E-state index is 0.0280. The maximum atomic E-state index is 12.4. The Balaban J connectivity index is 1.53. The van der Waals surface area contributed by atoms with E-state index < -0.39 is 11.9 Å². The van der Waals surface area contributed by atoms with Crippen LogP contribution in [0.5, 0.6) is 0 Å². The normalized spacial score (nSPS) is 34.9. The van der Waals surface area contributed by atoms with E-state index >= 15 is 0 Å². The van der Waals surface area contributed by atoms with Gasteiger partial charge >= 0.3 is 5.97 Å². The number of nitrogens with one attached hydrogen (secondary N) is 1. The van der Waals surface area contributed by atoms with Crippen molar-refractivity contribution in [3.63, 3.8) is 0 Å². The van der Waals surface area contributed by atoms with Gasteiger partial charge in [0.25, 0.3) is 0 Å². The fourth-order valence-electron chi connectivity index (χ4n) is 3.72. The number of carbonyl (C=O) groups is 2. The third-order valence-corrected chi connectivity index (χ3v) is 5.05. The van der Waals surface area contributed by atoms with E-state index in [1.54, 1.807) is 0 Å². The summed E-state index contributed by atoms with van der Waals surface area (Å²) < 4.78 is 0. The van der Waals surface area contributed by atoms with Crippen LogP contribution in [0.1, 0.15) is 44.9 Å². The smallest absolute Gasteiger partial charge is 0.307 e. The van der Waals surface area contributed by atoms with Crippen LogP contribution in [0.15, 0.2) is 0 Å². The van der Waals surface area contributed by atoms with Gasteiger partial charge in [0.15, 0.2) is 0 Å². The molecule has 1 amide bonds. The third kappa shape index (κ3) is 2.97. The Morgan fingerprint density at radius 1 is 1.00 bits per heavy atom. The predicted molar refractivity (Wildman–Crippen MR) is 74.2 cm³/mol. The Bertz CT molecular complexity index is 395. The van der Waals surface area contributed by atoms with E-state index in [-0.39, 0.29) is 17.9 Å². The third-order valence-electron chi connectivity index (χ3n) is 5.05. The van der Waals surface area contributed by atoms with Gasteiger partial charge in [-0.3, -0.25) is 14.5 Å². The van der Waals surface area contributed by atoms with Crippen molar-refractivity contribution < 1.29 is 14.7 Å². The highest BCUT2D eigenvalue weighted by atomic mass is 16.4. The second-order valence-electron chi connectivity index (χ2n) is 6.56. The molecule has 0 bridgehead atoms. The van der Waals surface area contributed by atoms with Gasteiger partial charge in [-0.1, -0.05) is 12.8 Å². The first-order chi connectivity index (χ1) is 9.65. The highest BCUT2D eigenvalue weighted by Crippen LogP contribution is 2.32. The van der Waals surface area contributed by atoms with Crippen molar-refractivity contribution in [3.8, 4) is 0 Å². The second kappa shape index (κ2) is 5.72. The van der Waals surface area contributed by atoms with E-state index in [0.29, 0.717) is 6.42 Å². The zero-order chi connectivity index (χ0) is 14.1. The van der Waals surface area contributed by atoms with Crippen LogP contribution in [0, 0.1) is 11.8 Å². The quantitative estimate of drug-likeness (QED) is 0.812. The van der Waals surface area contributed by atoms with Crippen molar-refractivity contribution in [2.45, 2.75) is 57.0 Å². The minimum Gasteiger partial charge on any atom is -0.481 e. The van der Waals surface area contributed by atoms with Crippen LogP contribution in [0.4, 0.5) is 0 Å². The first kappa shape index (κ1) is 13.9. The van der Waals surface area contributed by atoms with Crippen LogP contribution in [-0.4, -0.2) is 47.1 Å². The van der Waals surface area contributed by atoms with Crippen molar-refractivity contribution in [1.82, 2.24) is 10.2 Å². The molecule has 1 heterocycles. The van der Waals surface area contributed by atoms with Gasteiger partial charge in [0.2, 0.25) is 5.91 Å². The SMILES string of the molecule is O=C(O)C1CCCCC1C(=O)NC1CCN(C2CC2)C1. The average Bonchev–Trinajstić information content (AvgIpc) is 3.19. The molecule has 0 aromatic heterocycles. The lowest BCUT2D eigenvalue weighted by molar-refractivity contribution is -0.149. The molecule has 3 aliphatic rings. The molecule has 2 saturated carbocycles. The number of nitrogens with zero attached hydrogens (tertiary/aromatic N) is 1. The molecule has 0 spiro atoms. The predicted octanol–water partition coefficient (Wildman–Crippen LogP) is 1.23. The van der Waals surface area contributed by atoms with Gasteiger partial charge in [0.05, 0.1) is 11.8 Å². The molecule has 3 unspecified atom stereocenters. The summed E-state index contributed by atoms with van der Waals surface area (Å²) >= 11 is 0. The van der Waals surface area contributed by atoms with E-state index in [9.17, 15) is 14.7 Å². The Kier molecular flexibility index (Phi) is 3.96. The van der Waals surface area contributed by atoms with E-state index in [4.69, 9.17) is 0 Å². The number of amides is 1. The summed E-state index contributed by atoms with van der Waals surface area (Å²) in [6, 6.07) is 0.970. The summed E-state index contributed by atoms with van der Waals surface area (Å²) in [5.74, 6) is -1.64. The number of rotatable bonds is 4. The lowest BCUT2D eigenvalue weighted by atomic mass is 9.78. The van der Waals surface area contributed by atoms with Crippen molar-refractivity contribution >= 4 is 11.9 Å². The van der Waals surface area contributed by atoms with Gasteiger partial charge in [-0.25, -0.2) is 0 Å². The molecule has 0 aromatic rings. The van der Waals surface area contributed by atoms with Crippen molar-refractivity contribution in [3.05, 3.63) is 0 Å². The van der Waals surface area contributed by atoms with Crippen LogP contribution in [0.3, 0.4) is 0 Å². The lowest BCUT2D eigenvalue weighted by Gasteiger charge is -2.28. The van der Waals surface area contributed by atoms with E-state index in [1.807, 2.05) is 0 Å². The molecule has 0 radical (unpaired) electrons. The Morgan fingerprint density at radius 3 is 2.35 bits per heavy atom. The fraction of sp³-hybridized carbons (Fsp3) is 0.867. The highest BCUT2D eigenvalue weighted by Gasteiger charge is 2.38. The summed E-state index contributed by atoms with van der Waals surface area (Å²) in [4.78, 5) is 26.1. The summed E-state index contributed by atoms with van der Waals surface area (Å²) in [5, 5.41) is 12.4. The Labute approximate surface area is 119 Å². The second-order valence-corrected chi connectivity index (χ2v) is 6.56. The number of likely N-dealkylation sites (tertiary alicyclic amines) is 1. The van der Waals surface area contributed by atoms with Gasteiger partial charge in [0, 0.05) is 25.2 Å². The Morgan fingerprint density at radius 2 is 1.70 bits per heavy atom. The topological polar surface area (TPSA) is 69.6 Å². The molecule has 20 heavy (non-hydrogen) atoms. The van der Waals surface area contributed by atoms with E-state index in [2.05, 4.69) is 10.2 Å². The van der Waals surface area contributed by atoms with E-state index in [1.165, 1.54) is 12.8 Å². The molecule has 3 rings (SSSR count). The largest absolute Gasteiger partial charge is 0.481 e. The van der Waals surface area contributed by atoms with Crippen LogP contribution >= 0.6 is 0 Å². The molecule has 3 atom stereocenters.